The van der Waals surface area contributed by atoms with Gasteiger partial charge >= 0.3 is 0 Å². The molecule has 2 heterocycles. The first kappa shape index (κ1) is 20.7. The normalized spacial score (nSPS) is 15.3. The van der Waals surface area contributed by atoms with E-state index in [9.17, 15) is 13.2 Å². The molecule has 4 rings (SSSR count). The van der Waals surface area contributed by atoms with Gasteiger partial charge in [-0.3, -0.25) is 4.79 Å². The van der Waals surface area contributed by atoms with Crippen LogP contribution in [0.4, 0.5) is 0 Å². The van der Waals surface area contributed by atoms with Gasteiger partial charge in [-0.1, -0.05) is 42.0 Å². The maximum Gasteiger partial charge on any atom is 0.273 e. The Labute approximate surface area is 180 Å². The van der Waals surface area contributed by atoms with Gasteiger partial charge in [-0.05, 0) is 31.5 Å². The quantitative estimate of drug-likeness (QED) is 0.621. The number of aryl methyl sites for hydroxylation is 2. The summed E-state index contributed by atoms with van der Waals surface area (Å²) in [6.45, 7) is 5.33. The molecule has 0 saturated carbocycles. The zero-order valence-corrected chi connectivity index (χ0v) is 18.5. The van der Waals surface area contributed by atoms with Crippen LogP contribution < -0.4 is 0 Å². The van der Waals surface area contributed by atoms with Crippen molar-refractivity contribution in [2.24, 2.45) is 0 Å². The van der Waals surface area contributed by atoms with Crippen molar-refractivity contribution in [3.05, 3.63) is 70.7 Å². The Balaban J connectivity index is 1.45. The predicted molar refractivity (Wildman–Crippen MR) is 118 cm³/mol. The molecule has 0 unspecified atom stereocenters. The summed E-state index contributed by atoms with van der Waals surface area (Å²) in [5, 5.41) is 2.60. The minimum atomic E-state index is -3.53. The molecule has 2 aromatic carbocycles. The molecule has 1 saturated heterocycles. The summed E-state index contributed by atoms with van der Waals surface area (Å²) in [7, 11) is -3.53. The standard InChI is InChI=1S/C22H23N3O3S2/c1-16-8-9-19(17(2)14-16)21-23-20(15-29-21)22(26)24-10-12-25(13-11-24)30(27,28)18-6-4-3-5-7-18/h3-9,14-15H,10-13H2,1-2H3. The van der Waals surface area contributed by atoms with Crippen molar-refractivity contribution in [3.63, 3.8) is 0 Å². The summed E-state index contributed by atoms with van der Waals surface area (Å²) in [5.41, 5.74) is 3.76. The number of hydrogen-bond donors (Lipinski definition) is 0. The van der Waals surface area contributed by atoms with E-state index in [0.717, 1.165) is 16.1 Å². The molecular weight excluding hydrogens is 418 g/mol. The van der Waals surface area contributed by atoms with Gasteiger partial charge in [0, 0.05) is 37.1 Å². The first-order chi connectivity index (χ1) is 14.4. The molecular formula is C22H23N3O3S2. The van der Waals surface area contributed by atoms with Crippen LogP contribution >= 0.6 is 11.3 Å². The number of amides is 1. The average molecular weight is 442 g/mol. The zero-order valence-electron chi connectivity index (χ0n) is 16.9. The number of hydrogen-bond acceptors (Lipinski definition) is 5. The van der Waals surface area contributed by atoms with Crippen molar-refractivity contribution in [2.75, 3.05) is 26.2 Å². The third-order valence-corrected chi connectivity index (χ3v) is 8.03. The van der Waals surface area contributed by atoms with Crippen molar-refractivity contribution in [3.8, 4) is 10.6 Å². The van der Waals surface area contributed by atoms with Crippen LogP contribution in [0, 0.1) is 13.8 Å². The number of nitrogens with zero attached hydrogens (tertiary/aromatic N) is 3. The average Bonchev–Trinajstić information content (AvgIpc) is 3.24. The number of carbonyl (C=O) groups is 1. The molecule has 30 heavy (non-hydrogen) atoms. The molecule has 156 valence electrons. The van der Waals surface area contributed by atoms with Gasteiger partial charge < -0.3 is 4.90 Å². The van der Waals surface area contributed by atoms with E-state index >= 15 is 0 Å². The second-order valence-corrected chi connectivity index (χ2v) is 10.2. The fourth-order valence-corrected chi connectivity index (χ4v) is 5.91. The molecule has 1 aromatic heterocycles. The van der Waals surface area contributed by atoms with Crippen LogP contribution in [0.15, 0.2) is 58.8 Å². The lowest BCUT2D eigenvalue weighted by Gasteiger charge is -2.33. The predicted octanol–water partition coefficient (Wildman–Crippen LogP) is 3.57. The molecule has 8 heteroatoms. The molecule has 1 fully saturated rings. The SMILES string of the molecule is Cc1ccc(-c2nc(C(=O)N3CCN(S(=O)(=O)c4ccccc4)CC3)cs2)c(C)c1. The van der Waals surface area contributed by atoms with Crippen molar-refractivity contribution in [1.82, 2.24) is 14.2 Å². The van der Waals surface area contributed by atoms with E-state index in [2.05, 4.69) is 11.1 Å². The van der Waals surface area contributed by atoms with E-state index in [1.807, 2.05) is 26.0 Å². The molecule has 3 aromatic rings. The van der Waals surface area contributed by atoms with Gasteiger partial charge in [0.2, 0.25) is 10.0 Å². The fraction of sp³-hybridized carbons (Fsp3) is 0.273. The Morgan fingerprint density at radius 2 is 1.70 bits per heavy atom. The lowest BCUT2D eigenvalue weighted by molar-refractivity contribution is 0.0693. The molecule has 1 amide bonds. The summed E-state index contributed by atoms with van der Waals surface area (Å²) in [4.78, 5) is 19.4. The highest BCUT2D eigenvalue weighted by atomic mass is 32.2. The first-order valence-corrected chi connectivity index (χ1v) is 12.1. The van der Waals surface area contributed by atoms with Crippen LogP contribution in [0.1, 0.15) is 21.6 Å². The number of carbonyl (C=O) groups excluding carboxylic acids is 1. The third kappa shape index (κ3) is 4.03. The van der Waals surface area contributed by atoms with Crippen LogP contribution in [-0.4, -0.2) is 54.7 Å². The van der Waals surface area contributed by atoms with Crippen LogP contribution in [0.3, 0.4) is 0 Å². The minimum absolute atomic E-state index is 0.154. The van der Waals surface area contributed by atoms with Crippen molar-refractivity contribution < 1.29 is 13.2 Å². The number of sulfonamides is 1. The largest absolute Gasteiger partial charge is 0.335 e. The maximum atomic E-state index is 12.9. The van der Waals surface area contributed by atoms with Gasteiger partial charge in [0.05, 0.1) is 4.90 Å². The summed E-state index contributed by atoms with van der Waals surface area (Å²) >= 11 is 1.45. The van der Waals surface area contributed by atoms with Gasteiger partial charge in [0.25, 0.3) is 5.91 Å². The number of rotatable bonds is 4. The number of benzene rings is 2. The fourth-order valence-electron chi connectivity index (χ4n) is 3.58. The van der Waals surface area contributed by atoms with Crippen LogP contribution in [-0.2, 0) is 10.0 Å². The summed E-state index contributed by atoms with van der Waals surface area (Å²) in [6, 6.07) is 14.6. The Morgan fingerprint density at radius 3 is 2.37 bits per heavy atom. The van der Waals surface area contributed by atoms with E-state index in [-0.39, 0.29) is 23.9 Å². The second-order valence-electron chi connectivity index (χ2n) is 7.37. The molecule has 0 bridgehead atoms. The van der Waals surface area contributed by atoms with Gasteiger partial charge in [-0.25, -0.2) is 13.4 Å². The molecule has 6 nitrogen and oxygen atoms in total. The van der Waals surface area contributed by atoms with Crippen molar-refractivity contribution in [2.45, 2.75) is 18.7 Å². The number of thiazole rings is 1. The topological polar surface area (TPSA) is 70.6 Å². The van der Waals surface area contributed by atoms with Gasteiger partial charge in [0.15, 0.2) is 0 Å². The molecule has 0 atom stereocenters. The summed E-state index contributed by atoms with van der Waals surface area (Å²) < 4.78 is 27.0. The van der Waals surface area contributed by atoms with E-state index in [1.165, 1.54) is 21.2 Å². The highest BCUT2D eigenvalue weighted by Crippen LogP contribution is 2.28. The van der Waals surface area contributed by atoms with E-state index in [4.69, 9.17) is 0 Å². The van der Waals surface area contributed by atoms with Gasteiger partial charge in [0.1, 0.15) is 10.7 Å². The Morgan fingerprint density at radius 1 is 1.00 bits per heavy atom. The van der Waals surface area contributed by atoms with Crippen molar-refractivity contribution >= 4 is 27.3 Å². The smallest absolute Gasteiger partial charge is 0.273 e. The summed E-state index contributed by atoms with van der Waals surface area (Å²) in [5.74, 6) is -0.154. The zero-order chi connectivity index (χ0) is 21.3. The Hall–Kier alpha value is -2.55. The number of piperazine rings is 1. The molecule has 0 aliphatic carbocycles. The van der Waals surface area contributed by atoms with Crippen LogP contribution in [0.25, 0.3) is 10.6 Å². The van der Waals surface area contributed by atoms with E-state index < -0.39 is 10.0 Å². The van der Waals surface area contributed by atoms with Crippen molar-refractivity contribution in [1.29, 1.82) is 0 Å². The maximum absolute atomic E-state index is 12.9. The van der Waals surface area contributed by atoms with Gasteiger partial charge in [-0.15, -0.1) is 11.3 Å². The summed E-state index contributed by atoms with van der Waals surface area (Å²) in [6.07, 6.45) is 0. The molecule has 0 radical (unpaired) electrons. The highest BCUT2D eigenvalue weighted by Gasteiger charge is 2.31. The molecule has 0 N–H and O–H groups in total. The third-order valence-electron chi connectivity index (χ3n) is 5.24. The molecule has 1 aliphatic rings. The van der Waals surface area contributed by atoms with Crippen LogP contribution in [0.2, 0.25) is 0 Å². The minimum Gasteiger partial charge on any atom is -0.335 e. The Kier molecular flexibility index (Phi) is 5.73. The Bertz CT molecular complexity index is 1170. The van der Waals surface area contributed by atoms with E-state index in [1.54, 1.807) is 40.6 Å². The molecule has 0 spiro atoms. The first-order valence-electron chi connectivity index (χ1n) is 9.74. The molecule has 1 aliphatic heterocycles. The monoisotopic (exact) mass is 441 g/mol. The van der Waals surface area contributed by atoms with Crippen LogP contribution in [0.5, 0.6) is 0 Å². The van der Waals surface area contributed by atoms with E-state index in [0.29, 0.717) is 18.8 Å². The lowest BCUT2D eigenvalue weighted by atomic mass is 10.1. The number of aromatic nitrogens is 1. The highest BCUT2D eigenvalue weighted by molar-refractivity contribution is 7.89. The van der Waals surface area contributed by atoms with Gasteiger partial charge in [-0.2, -0.15) is 4.31 Å². The second kappa shape index (κ2) is 8.29. The lowest BCUT2D eigenvalue weighted by Crippen LogP contribution is -2.50.